The Morgan fingerprint density at radius 1 is 1.50 bits per heavy atom. The third-order valence-electron chi connectivity index (χ3n) is 2.22. The molecule has 0 amide bonds. The van der Waals surface area contributed by atoms with Crippen molar-refractivity contribution in [3.05, 3.63) is 34.7 Å². The lowest BCUT2D eigenvalue weighted by Crippen LogP contribution is -1.94. The van der Waals surface area contributed by atoms with E-state index in [0.717, 1.165) is 0 Å². The van der Waals surface area contributed by atoms with E-state index in [4.69, 9.17) is 16.3 Å². The summed E-state index contributed by atoms with van der Waals surface area (Å²) in [5, 5.41) is 0.247. The number of pyridine rings is 1. The van der Waals surface area contributed by atoms with Crippen LogP contribution in [0.2, 0.25) is 5.15 Å². The maximum absolute atomic E-state index is 13.5. The Balaban J connectivity index is 2.87. The van der Waals surface area contributed by atoms with Crippen molar-refractivity contribution in [3.8, 4) is 5.75 Å². The molecule has 0 N–H and O–H groups in total. The fourth-order valence-electron chi connectivity index (χ4n) is 1.44. The Morgan fingerprint density at radius 3 is 2.88 bits per heavy atom. The molecule has 1 heterocycles. The van der Waals surface area contributed by atoms with Crippen molar-refractivity contribution in [1.82, 2.24) is 4.98 Å². The highest BCUT2D eigenvalue weighted by Crippen LogP contribution is 2.28. The van der Waals surface area contributed by atoms with Crippen LogP contribution in [0.5, 0.6) is 5.75 Å². The van der Waals surface area contributed by atoms with Crippen molar-refractivity contribution in [1.29, 1.82) is 0 Å². The Kier molecular flexibility index (Phi) is 2.75. The van der Waals surface area contributed by atoms with Gasteiger partial charge in [-0.2, -0.15) is 0 Å². The van der Waals surface area contributed by atoms with Gasteiger partial charge in [-0.15, -0.1) is 0 Å². The van der Waals surface area contributed by atoms with E-state index in [0.29, 0.717) is 17.6 Å². The summed E-state index contributed by atoms with van der Waals surface area (Å²) in [4.78, 5) is 14.6. The molecular weight excluding hydrogens is 233 g/mol. The van der Waals surface area contributed by atoms with Gasteiger partial charge in [0.1, 0.15) is 22.2 Å². The van der Waals surface area contributed by atoms with Crippen LogP contribution < -0.4 is 4.74 Å². The zero-order chi connectivity index (χ0) is 11.7. The predicted molar refractivity (Wildman–Crippen MR) is 58.7 cm³/mol. The van der Waals surface area contributed by atoms with Crippen LogP contribution in [0.1, 0.15) is 10.4 Å². The summed E-state index contributed by atoms with van der Waals surface area (Å²) in [6.07, 6.45) is 0.535. The first-order valence-corrected chi connectivity index (χ1v) is 4.83. The minimum atomic E-state index is -0.469. The molecule has 1 aromatic carbocycles. The summed E-state index contributed by atoms with van der Waals surface area (Å²) in [5.41, 5.74) is 0.458. The van der Waals surface area contributed by atoms with Gasteiger partial charge >= 0.3 is 0 Å². The molecule has 3 nitrogen and oxygen atoms in total. The normalized spacial score (nSPS) is 10.4. The summed E-state index contributed by atoms with van der Waals surface area (Å²) < 4.78 is 18.5. The van der Waals surface area contributed by atoms with Gasteiger partial charge in [-0.05, 0) is 18.2 Å². The predicted octanol–water partition coefficient (Wildman–Crippen LogP) is 2.85. The molecular formula is C11H7ClFNO2. The minimum absolute atomic E-state index is 0.0337. The SMILES string of the molecule is COc1ccc(F)c2cc(C=O)c(Cl)nc12. The molecule has 0 radical (unpaired) electrons. The summed E-state index contributed by atoms with van der Waals surface area (Å²) in [5.74, 6) is -0.0567. The van der Waals surface area contributed by atoms with Crippen LogP contribution in [0.4, 0.5) is 4.39 Å². The average Bonchev–Trinajstić information content (AvgIpc) is 2.29. The molecule has 0 fully saturated rings. The van der Waals surface area contributed by atoms with Gasteiger partial charge in [0, 0.05) is 5.39 Å². The molecule has 0 bridgehead atoms. The van der Waals surface area contributed by atoms with E-state index in [2.05, 4.69) is 4.98 Å². The zero-order valence-corrected chi connectivity index (χ0v) is 9.08. The highest BCUT2D eigenvalue weighted by atomic mass is 35.5. The first-order chi connectivity index (χ1) is 7.67. The molecule has 1 aromatic heterocycles. The molecule has 0 spiro atoms. The number of benzene rings is 1. The molecule has 2 aromatic rings. The lowest BCUT2D eigenvalue weighted by atomic mass is 10.1. The number of ether oxygens (including phenoxy) is 1. The van der Waals surface area contributed by atoms with E-state index < -0.39 is 5.82 Å². The van der Waals surface area contributed by atoms with Crippen LogP contribution in [-0.4, -0.2) is 18.4 Å². The largest absolute Gasteiger partial charge is 0.494 e. The monoisotopic (exact) mass is 239 g/mol. The maximum atomic E-state index is 13.5. The first kappa shape index (κ1) is 10.8. The number of methoxy groups -OCH3 is 1. The van der Waals surface area contributed by atoms with Crippen molar-refractivity contribution in [3.63, 3.8) is 0 Å². The molecule has 0 unspecified atom stereocenters. The van der Waals surface area contributed by atoms with E-state index in [1.165, 1.54) is 25.3 Å². The van der Waals surface area contributed by atoms with E-state index in [-0.39, 0.29) is 16.1 Å². The second kappa shape index (κ2) is 4.06. The van der Waals surface area contributed by atoms with Crippen LogP contribution >= 0.6 is 11.6 Å². The summed E-state index contributed by atoms with van der Waals surface area (Å²) in [7, 11) is 1.45. The number of aldehydes is 1. The average molecular weight is 240 g/mol. The van der Waals surface area contributed by atoms with Crippen LogP contribution in [-0.2, 0) is 0 Å². The first-order valence-electron chi connectivity index (χ1n) is 4.45. The molecule has 2 rings (SSSR count). The number of nitrogens with zero attached hydrogens (tertiary/aromatic N) is 1. The molecule has 0 saturated carbocycles. The van der Waals surface area contributed by atoms with E-state index in [1.807, 2.05) is 0 Å². The Hall–Kier alpha value is -1.68. The fourth-order valence-corrected chi connectivity index (χ4v) is 1.62. The van der Waals surface area contributed by atoms with Crippen LogP contribution in [0, 0.1) is 5.82 Å². The third-order valence-corrected chi connectivity index (χ3v) is 2.52. The van der Waals surface area contributed by atoms with Gasteiger partial charge < -0.3 is 4.74 Å². The second-order valence-corrected chi connectivity index (χ2v) is 3.49. The topological polar surface area (TPSA) is 39.2 Å². The van der Waals surface area contributed by atoms with Crippen molar-refractivity contribution in [2.45, 2.75) is 0 Å². The highest BCUT2D eigenvalue weighted by molar-refractivity contribution is 6.32. The highest BCUT2D eigenvalue weighted by Gasteiger charge is 2.11. The summed E-state index contributed by atoms with van der Waals surface area (Å²) in [6, 6.07) is 4.07. The summed E-state index contributed by atoms with van der Waals surface area (Å²) in [6.45, 7) is 0. The second-order valence-electron chi connectivity index (χ2n) is 3.13. The van der Waals surface area contributed by atoms with Gasteiger partial charge in [-0.25, -0.2) is 9.37 Å². The van der Waals surface area contributed by atoms with Crippen molar-refractivity contribution in [2.24, 2.45) is 0 Å². The van der Waals surface area contributed by atoms with Crippen LogP contribution in [0.25, 0.3) is 10.9 Å². The molecule has 82 valence electrons. The zero-order valence-electron chi connectivity index (χ0n) is 8.33. The maximum Gasteiger partial charge on any atom is 0.153 e. The number of aromatic nitrogens is 1. The number of halogens is 2. The molecule has 5 heteroatoms. The van der Waals surface area contributed by atoms with Gasteiger partial charge in [0.2, 0.25) is 0 Å². The van der Waals surface area contributed by atoms with Crippen LogP contribution in [0.3, 0.4) is 0 Å². The molecule has 0 atom stereocenters. The Labute approximate surface area is 95.8 Å². The molecule has 0 aliphatic heterocycles. The summed E-state index contributed by atoms with van der Waals surface area (Å²) >= 11 is 5.76. The van der Waals surface area contributed by atoms with Gasteiger partial charge in [0.05, 0.1) is 12.7 Å². The van der Waals surface area contributed by atoms with Gasteiger partial charge in [-0.3, -0.25) is 4.79 Å². The number of carbonyl (C=O) groups is 1. The van der Waals surface area contributed by atoms with Gasteiger partial charge in [0.25, 0.3) is 0 Å². The van der Waals surface area contributed by atoms with Crippen molar-refractivity contribution in [2.75, 3.05) is 7.11 Å². The third kappa shape index (κ3) is 1.61. The molecule has 0 saturated heterocycles. The minimum Gasteiger partial charge on any atom is -0.494 e. The lowest BCUT2D eigenvalue weighted by Gasteiger charge is -2.06. The van der Waals surface area contributed by atoms with Gasteiger partial charge in [-0.1, -0.05) is 11.6 Å². The number of rotatable bonds is 2. The standard InChI is InChI=1S/C11H7ClFNO2/c1-16-9-3-2-8(13)7-4-6(5-15)11(12)14-10(7)9/h2-5H,1H3. The van der Waals surface area contributed by atoms with Crippen molar-refractivity contribution >= 4 is 28.8 Å². The number of carbonyl (C=O) groups excluding carboxylic acids is 1. The number of fused-ring (bicyclic) bond motifs is 1. The van der Waals surface area contributed by atoms with Crippen molar-refractivity contribution < 1.29 is 13.9 Å². The number of hydrogen-bond acceptors (Lipinski definition) is 3. The van der Waals surface area contributed by atoms with Gasteiger partial charge in [0.15, 0.2) is 6.29 Å². The molecule has 16 heavy (non-hydrogen) atoms. The van der Waals surface area contributed by atoms with E-state index >= 15 is 0 Å². The fraction of sp³-hybridized carbons (Fsp3) is 0.0909. The smallest absolute Gasteiger partial charge is 0.153 e. The number of hydrogen-bond donors (Lipinski definition) is 0. The Morgan fingerprint density at radius 2 is 2.25 bits per heavy atom. The lowest BCUT2D eigenvalue weighted by molar-refractivity contribution is 0.112. The Bertz CT molecular complexity index is 571. The molecule has 0 aliphatic rings. The van der Waals surface area contributed by atoms with E-state index in [1.54, 1.807) is 0 Å². The van der Waals surface area contributed by atoms with E-state index in [9.17, 15) is 9.18 Å². The molecule has 0 aliphatic carbocycles. The van der Waals surface area contributed by atoms with Crippen LogP contribution in [0.15, 0.2) is 18.2 Å². The quantitative estimate of drug-likeness (QED) is 0.598.